The number of nitrogens with one attached hydrogen (secondary N) is 2. The van der Waals surface area contributed by atoms with Gasteiger partial charge in [-0.2, -0.15) is 4.31 Å². The minimum atomic E-state index is -3.31. The molecule has 0 spiro atoms. The highest BCUT2D eigenvalue weighted by Crippen LogP contribution is 2.31. The van der Waals surface area contributed by atoms with Crippen molar-refractivity contribution in [3.8, 4) is 0 Å². The van der Waals surface area contributed by atoms with Crippen molar-refractivity contribution in [1.29, 1.82) is 0 Å². The number of hydrogen-bond acceptors (Lipinski definition) is 5. The zero-order valence-electron chi connectivity index (χ0n) is 17.5. The van der Waals surface area contributed by atoms with Gasteiger partial charge in [-0.3, -0.25) is 14.5 Å². The molecule has 1 amide bonds. The molecule has 1 saturated heterocycles. The molecule has 3 aromatic rings. The van der Waals surface area contributed by atoms with E-state index in [4.69, 9.17) is 0 Å². The number of carboxylic acid groups (broad SMARTS) is 1. The van der Waals surface area contributed by atoms with Crippen LogP contribution in [-0.4, -0.2) is 72.0 Å². The van der Waals surface area contributed by atoms with Gasteiger partial charge in [0.1, 0.15) is 6.04 Å². The van der Waals surface area contributed by atoms with Crippen LogP contribution in [0.4, 0.5) is 5.69 Å². The average molecular weight is 457 g/mol. The second-order valence-electron chi connectivity index (χ2n) is 7.76. The molecule has 2 heterocycles. The number of fused-ring (bicyclic) bond motifs is 1. The molecule has 1 aliphatic rings. The lowest BCUT2D eigenvalue weighted by atomic mass is 10.0. The number of nitrogens with zero attached hydrogens (tertiary/aromatic N) is 2. The molecule has 1 aliphatic heterocycles. The summed E-state index contributed by atoms with van der Waals surface area (Å²) in [4.78, 5) is 29.6. The number of aliphatic carboxylic acids is 1. The highest BCUT2D eigenvalue weighted by atomic mass is 32.2. The SMILES string of the molecule is CS(=O)(=O)N1CCN([C@@H](C(=O)O)c2c[nH]c3ccc(NC(=O)c4ccccc4)cc23)CC1. The third-order valence-electron chi connectivity index (χ3n) is 5.64. The molecule has 1 fully saturated rings. The molecule has 2 aromatic carbocycles. The highest BCUT2D eigenvalue weighted by molar-refractivity contribution is 7.88. The maximum atomic E-state index is 12.5. The third kappa shape index (κ3) is 4.52. The maximum Gasteiger partial charge on any atom is 0.325 e. The van der Waals surface area contributed by atoms with Crippen molar-refractivity contribution in [3.63, 3.8) is 0 Å². The molecule has 10 heteroatoms. The Morgan fingerprint density at radius 2 is 1.75 bits per heavy atom. The van der Waals surface area contributed by atoms with Gasteiger partial charge in [-0.15, -0.1) is 0 Å². The normalized spacial score (nSPS) is 16.7. The van der Waals surface area contributed by atoms with Crippen molar-refractivity contribution >= 4 is 38.5 Å². The molecule has 1 atom stereocenters. The molecule has 32 heavy (non-hydrogen) atoms. The predicted octanol–water partition coefficient (Wildman–Crippen LogP) is 2.12. The topological polar surface area (TPSA) is 123 Å². The van der Waals surface area contributed by atoms with E-state index in [-0.39, 0.29) is 19.0 Å². The van der Waals surface area contributed by atoms with Crippen LogP contribution in [-0.2, 0) is 14.8 Å². The molecule has 3 N–H and O–H groups in total. The first kappa shape index (κ1) is 22.0. The van der Waals surface area contributed by atoms with E-state index in [2.05, 4.69) is 10.3 Å². The summed E-state index contributed by atoms with van der Waals surface area (Å²) in [6.45, 7) is 1.09. The highest BCUT2D eigenvalue weighted by Gasteiger charge is 2.34. The number of anilines is 1. The van der Waals surface area contributed by atoms with Crippen LogP contribution in [0.15, 0.2) is 54.7 Å². The zero-order valence-corrected chi connectivity index (χ0v) is 18.3. The van der Waals surface area contributed by atoms with Crippen molar-refractivity contribution in [3.05, 3.63) is 65.9 Å². The molecule has 9 nitrogen and oxygen atoms in total. The van der Waals surface area contributed by atoms with E-state index in [0.29, 0.717) is 35.3 Å². The zero-order chi connectivity index (χ0) is 22.9. The number of amides is 1. The van der Waals surface area contributed by atoms with E-state index in [1.54, 1.807) is 53.6 Å². The van der Waals surface area contributed by atoms with Crippen LogP contribution < -0.4 is 5.32 Å². The second-order valence-corrected chi connectivity index (χ2v) is 9.75. The van der Waals surface area contributed by atoms with Gasteiger partial charge in [0.25, 0.3) is 5.91 Å². The monoisotopic (exact) mass is 456 g/mol. The number of rotatable bonds is 6. The number of benzene rings is 2. The van der Waals surface area contributed by atoms with Crippen LogP contribution in [0.1, 0.15) is 22.0 Å². The largest absolute Gasteiger partial charge is 0.480 e. The second kappa shape index (κ2) is 8.73. The van der Waals surface area contributed by atoms with Crippen LogP contribution in [0.5, 0.6) is 0 Å². The Balaban J connectivity index is 1.60. The number of piperazine rings is 1. The predicted molar refractivity (Wildman–Crippen MR) is 121 cm³/mol. The Labute approximate surface area is 185 Å². The number of carbonyl (C=O) groups is 2. The van der Waals surface area contributed by atoms with Gasteiger partial charge in [0, 0.05) is 60.1 Å². The van der Waals surface area contributed by atoms with Gasteiger partial charge < -0.3 is 15.4 Å². The fourth-order valence-corrected chi connectivity index (χ4v) is 4.84. The van der Waals surface area contributed by atoms with E-state index >= 15 is 0 Å². The molecule has 0 saturated carbocycles. The van der Waals surface area contributed by atoms with Crippen molar-refractivity contribution in [1.82, 2.24) is 14.2 Å². The standard InChI is InChI=1S/C22H24N4O5S/c1-32(30,31)26-11-9-25(10-12-26)20(22(28)29)18-14-23-19-8-7-16(13-17(18)19)24-21(27)15-5-3-2-4-6-15/h2-8,13-14,20,23H,9-12H2,1H3,(H,24,27)(H,28,29)/t20-/m1/s1. The summed E-state index contributed by atoms with van der Waals surface area (Å²) in [5.74, 6) is -1.27. The van der Waals surface area contributed by atoms with Crippen LogP contribution >= 0.6 is 0 Å². The number of H-pyrrole nitrogens is 1. The summed E-state index contributed by atoms with van der Waals surface area (Å²) < 4.78 is 24.9. The first-order valence-corrected chi connectivity index (χ1v) is 12.0. The molecule has 4 rings (SSSR count). The Morgan fingerprint density at radius 1 is 1.06 bits per heavy atom. The number of aromatic amines is 1. The van der Waals surface area contributed by atoms with Gasteiger partial charge in [-0.05, 0) is 30.3 Å². The lowest BCUT2D eigenvalue weighted by Gasteiger charge is -2.36. The fourth-order valence-electron chi connectivity index (χ4n) is 4.02. The van der Waals surface area contributed by atoms with Crippen LogP contribution in [0, 0.1) is 0 Å². The minimum absolute atomic E-state index is 0.239. The van der Waals surface area contributed by atoms with Gasteiger partial charge in [0.15, 0.2) is 0 Å². The number of hydrogen-bond donors (Lipinski definition) is 3. The van der Waals surface area contributed by atoms with Gasteiger partial charge in [0.05, 0.1) is 6.26 Å². The number of carbonyl (C=O) groups excluding carboxylic acids is 1. The molecule has 1 aromatic heterocycles. The first-order valence-electron chi connectivity index (χ1n) is 10.1. The molecule has 0 radical (unpaired) electrons. The number of aromatic nitrogens is 1. The summed E-state index contributed by atoms with van der Waals surface area (Å²) >= 11 is 0. The van der Waals surface area contributed by atoms with E-state index in [9.17, 15) is 23.1 Å². The Hall–Kier alpha value is -3.21. The lowest BCUT2D eigenvalue weighted by molar-refractivity contribution is -0.144. The van der Waals surface area contributed by atoms with Gasteiger partial charge in [-0.25, -0.2) is 8.42 Å². The van der Waals surface area contributed by atoms with Crippen LogP contribution in [0.2, 0.25) is 0 Å². The molecule has 0 bridgehead atoms. The molecule has 0 unspecified atom stereocenters. The van der Waals surface area contributed by atoms with Gasteiger partial charge >= 0.3 is 5.97 Å². The lowest BCUT2D eigenvalue weighted by Crippen LogP contribution is -2.50. The maximum absolute atomic E-state index is 12.5. The van der Waals surface area contributed by atoms with E-state index in [0.717, 1.165) is 11.8 Å². The molecule has 0 aliphatic carbocycles. The number of sulfonamides is 1. The van der Waals surface area contributed by atoms with Crippen molar-refractivity contribution < 1.29 is 23.1 Å². The van der Waals surface area contributed by atoms with E-state index < -0.39 is 22.0 Å². The van der Waals surface area contributed by atoms with E-state index in [1.165, 1.54) is 4.31 Å². The molecular formula is C22H24N4O5S. The third-order valence-corrected chi connectivity index (χ3v) is 6.95. The van der Waals surface area contributed by atoms with Gasteiger partial charge in [-0.1, -0.05) is 18.2 Å². The minimum Gasteiger partial charge on any atom is -0.480 e. The Bertz CT molecular complexity index is 1250. The summed E-state index contributed by atoms with van der Waals surface area (Å²) in [7, 11) is -3.31. The Kier molecular flexibility index (Phi) is 6.00. The quantitative estimate of drug-likeness (QED) is 0.522. The first-order chi connectivity index (χ1) is 15.2. The summed E-state index contributed by atoms with van der Waals surface area (Å²) in [6, 6.07) is 13.2. The Morgan fingerprint density at radius 3 is 2.38 bits per heavy atom. The summed E-state index contributed by atoms with van der Waals surface area (Å²) in [5, 5.41) is 13.5. The summed E-state index contributed by atoms with van der Waals surface area (Å²) in [6.07, 6.45) is 2.82. The smallest absolute Gasteiger partial charge is 0.325 e. The molecule has 168 valence electrons. The van der Waals surface area contributed by atoms with Crippen molar-refractivity contribution in [2.24, 2.45) is 0 Å². The van der Waals surface area contributed by atoms with Crippen molar-refractivity contribution in [2.75, 3.05) is 37.8 Å². The van der Waals surface area contributed by atoms with Crippen LogP contribution in [0.25, 0.3) is 10.9 Å². The fraction of sp³-hybridized carbons (Fsp3) is 0.273. The summed E-state index contributed by atoms with van der Waals surface area (Å²) in [5.41, 5.74) is 2.39. The van der Waals surface area contributed by atoms with Crippen molar-refractivity contribution in [2.45, 2.75) is 6.04 Å². The number of carboxylic acids is 1. The van der Waals surface area contributed by atoms with Crippen LogP contribution in [0.3, 0.4) is 0 Å². The van der Waals surface area contributed by atoms with E-state index in [1.807, 2.05) is 6.07 Å². The average Bonchev–Trinajstić information content (AvgIpc) is 3.17. The molecular weight excluding hydrogens is 432 g/mol. The van der Waals surface area contributed by atoms with Gasteiger partial charge in [0.2, 0.25) is 10.0 Å².